The summed E-state index contributed by atoms with van der Waals surface area (Å²) in [5.74, 6) is -0.896. The second-order valence-corrected chi connectivity index (χ2v) is 3.49. The van der Waals surface area contributed by atoms with Gasteiger partial charge in [0.15, 0.2) is 0 Å². The number of carbonyl (C=O) groups excluding carboxylic acids is 1. The predicted molar refractivity (Wildman–Crippen MR) is 38.6 cm³/mol. The average molecular weight is 190 g/mol. The van der Waals surface area contributed by atoms with E-state index in [1.165, 1.54) is 0 Å². The van der Waals surface area contributed by atoms with Crippen LogP contribution in [0.3, 0.4) is 0 Å². The molecule has 1 rings (SSSR count). The molecule has 7 heteroatoms. The molecular weight excluding hydrogens is 184 g/mol. The molecule has 0 aliphatic heterocycles. The normalized spacial score (nSPS) is 11.4. The summed E-state index contributed by atoms with van der Waals surface area (Å²) in [6.07, 6.45) is 1.03. The number of primary amides is 1. The molecule has 0 aromatic carbocycles. The van der Waals surface area contributed by atoms with Crippen molar-refractivity contribution in [2.45, 2.75) is 5.09 Å². The number of furan rings is 1. The van der Waals surface area contributed by atoms with E-state index in [1.807, 2.05) is 0 Å². The minimum atomic E-state index is -4.00. The van der Waals surface area contributed by atoms with Crippen LogP contribution in [0.25, 0.3) is 0 Å². The molecule has 0 radical (unpaired) electrons. The van der Waals surface area contributed by atoms with Crippen molar-refractivity contribution >= 4 is 15.9 Å². The molecule has 0 aliphatic carbocycles. The molecule has 1 heterocycles. The lowest BCUT2D eigenvalue weighted by Gasteiger charge is -1.93. The Balaban J connectivity index is 3.36. The van der Waals surface area contributed by atoms with E-state index in [-0.39, 0.29) is 5.56 Å². The lowest BCUT2D eigenvalue weighted by Crippen LogP contribution is -2.18. The van der Waals surface area contributed by atoms with Gasteiger partial charge in [0.25, 0.3) is 15.9 Å². The van der Waals surface area contributed by atoms with Gasteiger partial charge >= 0.3 is 0 Å². The van der Waals surface area contributed by atoms with Crippen molar-refractivity contribution in [2.75, 3.05) is 0 Å². The smallest absolute Gasteiger partial charge is 0.272 e. The van der Waals surface area contributed by atoms with Crippen LogP contribution in [0.2, 0.25) is 0 Å². The Hall–Kier alpha value is -1.34. The van der Waals surface area contributed by atoms with E-state index in [4.69, 9.17) is 10.9 Å². The highest BCUT2D eigenvalue weighted by Crippen LogP contribution is 2.13. The van der Waals surface area contributed by atoms with Crippen LogP contribution in [0.15, 0.2) is 21.8 Å². The van der Waals surface area contributed by atoms with Crippen LogP contribution in [0.1, 0.15) is 10.4 Å². The van der Waals surface area contributed by atoms with E-state index in [9.17, 15) is 13.2 Å². The molecule has 0 fully saturated rings. The Kier molecular flexibility index (Phi) is 1.90. The quantitative estimate of drug-likeness (QED) is 0.623. The van der Waals surface area contributed by atoms with E-state index in [0.717, 1.165) is 12.3 Å². The lowest BCUT2D eigenvalue weighted by molar-refractivity contribution is 0.0995. The predicted octanol–water partition coefficient (Wildman–Crippen LogP) is -0.974. The summed E-state index contributed by atoms with van der Waals surface area (Å²) >= 11 is 0. The maximum atomic E-state index is 10.7. The van der Waals surface area contributed by atoms with Crippen LogP contribution in [0.5, 0.6) is 0 Å². The molecule has 0 atom stereocenters. The highest BCUT2D eigenvalue weighted by Gasteiger charge is 2.20. The van der Waals surface area contributed by atoms with Gasteiger partial charge in [-0.2, -0.15) is 0 Å². The average Bonchev–Trinajstić information content (AvgIpc) is 2.30. The molecule has 0 bridgehead atoms. The van der Waals surface area contributed by atoms with Gasteiger partial charge in [0.2, 0.25) is 5.09 Å². The van der Waals surface area contributed by atoms with Gasteiger partial charge in [-0.05, 0) is 6.07 Å². The van der Waals surface area contributed by atoms with E-state index in [1.54, 1.807) is 0 Å². The first-order chi connectivity index (χ1) is 5.43. The Bertz CT molecular complexity index is 405. The second-order valence-electron chi connectivity index (χ2n) is 2.03. The monoisotopic (exact) mass is 190 g/mol. The van der Waals surface area contributed by atoms with E-state index in [2.05, 4.69) is 4.42 Å². The van der Waals surface area contributed by atoms with Crippen molar-refractivity contribution in [1.29, 1.82) is 0 Å². The van der Waals surface area contributed by atoms with Crippen molar-refractivity contribution < 1.29 is 17.6 Å². The standard InChI is InChI=1S/C5H6N2O4S/c6-4(8)3-1-2-11-5(3)12(7,9)10/h1-2H,(H2,6,8)(H2,7,9,10). The van der Waals surface area contributed by atoms with Crippen molar-refractivity contribution in [2.24, 2.45) is 10.9 Å². The van der Waals surface area contributed by atoms with Crippen LogP contribution < -0.4 is 10.9 Å². The molecular formula is C5H6N2O4S. The summed E-state index contributed by atoms with van der Waals surface area (Å²) in [6, 6.07) is 1.14. The number of hydrogen-bond acceptors (Lipinski definition) is 4. The highest BCUT2D eigenvalue weighted by atomic mass is 32.2. The molecule has 0 aliphatic rings. The number of primary sulfonamides is 1. The van der Waals surface area contributed by atoms with Crippen LogP contribution >= 0.6 is 0 Å². The van der Waals surface area contributed by atoms with Gasteiger partial charge in [-0.1, -0.05) is 0 Å². The zero-order chi connectivity index (χ0) is 9.35. The SMILES string of the molecule is NC(=O)c1ccoc1S(N)(=O)=O. The molecule has 1 aromatic heterocycles. The second kappa shape index (κ2) is 2.61. The fraction of sp³-hybridized carbons (Fsp3) is 0. The first-order valence-corrected chi connectivity index (χ1v) is 4.37. The van der Waals surface area contributed by atoms with Gasteiger partial charge in [-0.15, -0.1) is 0 Å². The van der Waals surface area contributed by atoms with Gasteiger partial charge in [0.1, 0.15) is 0 Å². The molecule has 0 spiro atoms. The van der Waals surface area contributed by atoms with Gasteiger partial charge in [0.05, 0.1) is 11.8 Å². The number of sulfonamides is 1. The van der Waals surface area contributed by atoms with Gasteiger partial charge in [0, 0.05) is 0 Å². The molecule has 1 amide bonds. The molecule has 0 saturated carbocycles. The Morgan fingerprint density at radius 2 is 2.08 bits per heavy atom. The van der Waals surface area contributed by atoms with Crippen LogP contribution in [0.4, 0.5) is 0 Å². The first-order valence-electron chi connectivity index (χ1n) is 2.83. The fourth-order valence-corrected chi connectivity index (χ4v) is 1.36. The van der Waals surface area contributed by atoms with E-state index < -0.39 is 21.0 Å². The Morgan fingerprint density at radius 1 is 1.50 bits per heavy atom. The zero-order valence-corrected chi connectivity index (χ0v) is 6.67. The lowest BCUT2D eigenvalue weighted by atomic mass is 10.3. The topological polar surface area (TPSA) is 116 Å². The molecule has 0 unspecified atom stereocenters. The molecule has 0 saturated heterocycles. The summed E-state index contributed by atoms with van der Waals surface area (Å²) in [5, 5.41) is 4.11. The number of rotatable bonds is 2. The maximum Gasteiger partial charge on any atom is 0.272 e. The summed E-state index contributed by atoms with van der Waals surface area (Å²) < 4.78 is 25.9. The van der Waals surface area contributed by atoms with Crippen molar-refractivity contribution in [1.82, 2.24) is 0 Å². The van der Waals surface area contributed by atoms with E-state index >= 15 is 0 Å². The highest BCUT2D eigenvalue weighted by molar-refractivity contribution is 7.89. The molecule has 6 nitrogen and oxygen atoms in total. The van der Waals surface area contributed by atoms with Crippen molar-refractivity contribution in [3.63, 3.8) is 0 Å². The molecule has 12 heavy (non-hydrogen) atoms. The summed E-state index contributed by atoms with van der Waals surface area (Å²) in [5.41, 5.74) is 4.60. The molecule has 4 N–H and O–H groups in total. The Labute approximate surface area is 68.2 Å². The molecule has 1 aromatic rings. The van der Waals surface area contributed by atoms with Crippen molar-refractivity contribution in [3.05, 3.63) is 17.9 Å². The third-order valence-corrected chi connectivity index (χ3v) is 1.99. The van der Waals surface area contributed by atoms with Gasteiger partial charge < -0.3 is 10.2 Å². The van der Waals surface area contributed by atoms with Crippen LogP contribution in [-0.4, -0.2) is 14.3 Å². The Morgan fingerprint density at radius 3 is 2.42 bits per heavy atom. The minimum Gasteiger partial charge on any atom is -0.451 e. The van der Waals surface area contributed by atoms with E-state index in [0.29, 0.717) is 0 Å². The summed E-state index contributed by atoms with van der Waals surface area (Å²) in [6.45, 7) is 0. The number of nitrogens with two attached hydrogens (primary N) is 2. The third-order valence-electron chi connectivity index (χ3n) is 1.15. The summed E-state index contributed by atoms with van der Waals surface area (Å²) in [7, 11) is -4.00. The molecule has 66 valence electrons. The van der Waals surface area contributed by atoms with Gasteiger partial charge in [-0.25, -0.2) is 13.6 Å². The maximum absolute atomic E-state index is 10.7. The first kappa shape index (κ1) is 8.75. The van der Waals surface area contributed by atoms with Crippen LogP contribution in [0, 0.1) is 0 Å². The zero-order valence-electron chi connectivity index (χ0n) is 5.85. The number of amides is 1. The summed E-state index contributed by atoms with van der Waals surface area (Å²) in [4.78, 5) is 10.6. The number of carbonyl (C=O) groups is 1. The van der Waals surface area contributed by atoms with Gasteiger partial charge in [-0.3, -0.25) is 4.79 Å². The largest absolute Gasteiger partial charge is 0.451 e. The number of hydrogen-bond donors (Lipinski definition) is 2. The van der Waals surface area contributed by atoms with Crippen LogP contribution in [-0.2, 0) is 10.0 Å². The fourth-order valence-electron chi connectivity index (χ4n) is 0.698. The third kappa shape index (κ3) is 1.46. The minimum absolute atomic E-state index is 0.238. The van der Waals surface area contributed by atoms with Crippen molar-refractivity contribution in [3.8, 4) is 0 Å².